The quantitative estimate of drug-likeness (QED) is 0.402. The summed E-state index contributed by atoms with van der Waals surface area (Å²) in [5.74, 6) is 0.708. The molecule has 0 radical (unpaired) electrons. The molecule has 2 aromatic heterocycles. The lowest BCUT2D eigenvalue weighted by Crippen LogP contribution is -2.38. The van der Waals surface area contributed by atoms with Crippen LogP contribution in [0.1, 0.15) is 12.8 Å². The number of carbonyl (C=O) groups excluding carboxylic acids is 1. The van der Waals surface area contributed by atoms with Crippen molar-refractivity contribution in [2.45, 2.75) is 24.0 Å². The molecule has 3 heterocycles. The molecule has 4 rings (SSSR count). The summed E-state index contributed by atoms with van der Waals surface area (Å²) in [6.07, 6.45) is 1.96. The lowest BCUT2D eigenvalue weighted by molar-refractivity contribution is -0.119. The molecule has 1 atom stereocenters. The van der Waals surface area contributed by atoms with Gasteiger partial charge in [-0.05, 0) is 25.0 Å². The van der Waals surface area contributed by atoms with E-state index in [-0.39, 0.29) is 28.8 Å². The summed E-state index contributed by atoms with van der Waals surface area (Å²) in [5, 5.41) is 3.38. The summed E-state index contributed by atoms with van der Waals surface area (Å²) in [4.78, 5) is 47.0. The van der Waals surface area contributed by atoms with E-state index in [1.54, 1.807) is 26.3 Å². The van der Waals surface area contributed by atoms with E-state index >= 15 is 0 Å². The number of hydrogen-bond donors (Lipinski definition) is 1. The van der Waals surface area contributed by atoms with Crippen molar-refractivity contribution in [1.29, 1.82) is 0 Å². The van der Waals surface area contributed by atoms with Crippen LogP contribution < -0.4 is 21.3 Å². The van der Waals surface area contributed by atoms with Gasteiger partial charge in [-0.2, -0.15) is 0 Å². The van der Waals surface area contributed by atoms with Gasteiger partial charge in [0, 0.05) is 27.2 Å². The molecular weight excluding hydrogens is 446 g/mol. The number of nitrogens with zero attached hydrogens (tertiary/aromatic N) is 4. The van der Waals surface area contributed by atoms with Crippen molar-refractivity contribution in [2.24, 2.45) is 14.1 Å². The SMILES string of the molecule is COc1ccccc1-c1nc(SCC(=O)NC[C@@H]2CCCO2)c2c(=O)n(C)c(=O)n(C)c2n1. The van der Waals surface area contributed by atoms with Gasteiger partial charge < -0.3 is 14.8 Å². The number of ether oxygens (including phenoxy) is 2. The monoisotopic (exact) mass is 471 g/mol. The number of thioether (sulfide) groups is 1. The number of nitrogens with one attached hydrogen (secondary N) is 1. The second kappa shape index (κ2) is 9.75. The van der Waals surface area contributed by atoms with Gasteiger partial charge in [-0.15, -0.1) is 0 Å². The molecule has 174 valence electrons. The normalized spacial score (nSPS) is 15.7. The van der Waals surface area contributed by atoms with E-state index in [0.717, 1.165) is 35.8 Å². The minimum Gasteiger partial charge on any atom is -0.496 e. The Hall–Kier alpha value is -3.18. The second-order valence-electron chi connectivity index (χ2n) is 7.68. The Balaban J connectivity index is 1.73. The number of benzene rings is 1. The highest BCUT2D eigenvalue weighted by Gasteiger charge is 2.21. The third kappa shape index (κ3) is 4.64. The predicted octanol–water partition coefficient (Wildman–Crippen LogP) is 1.09. The molecule has 1 saturated heterocycles. The maximum Gasteiger partial charge on any atom is 0.332 e. The van der Waals surface area contributed by atoms with Crippen LogP contribution in [-0.2, 0) is 23.6 Å². The molecule has 10 nitrogen and oxygen atoms in total. The molecule has 1 amide bonds. The average Bonchev–Trinajstić information content (AvgIpc) is 3.36. The van der Waals surface area contributed by atoms with Gasteiger partial charge in [0.25, 0.3) is 5.56 Å². The van der Waals surface area contributed by atoms with Crippen LogP contribution in [0, 0.1) is 0 Å². The van der Waals surface area contributed by atoms with E-state index in [4.69, 9.17) is 9.47 Å². The molecule has 1 aliphatic rings. The number of amides is 1. The fourth-order valence-electron chi connectivity index (χ4n) is 3.70. The Bertz CT molecular complexity index is 1310. The van der Waals surface area contributed by atoms with E-state index in [2.05, 4.69) is 15.3 Å². The van der Waals surface area contributed by atoms with Gasteiger partial charge in [-0.25, -0.2) is 14.8 Å². The first-order valence-corrected chi connectivity index (χ1v) is 11.5. The van der Waals surface area contributed by atoms with Gasteiger partial charge in [0.05, 0.1) is 24.5 Å². The van der Waals surface area contributed by atoms with Crippen LogP contribution in [-0.4, -0.2) is 57.1 Å². The lowest BCUT2D eigenvalue weighted by Gasteiger charge is -2.14. The molecule has 1 aromatic carbocycles. The first-order chi connectivity index (χ1) is 15.9. The molecule has 1 fully saturated rings. The summed E-state index contributed by atoms with van der Waals surface area (Å²) >= 11 is 1.13. The fraction of sp³-hybridized carbons (Fsp3) is 0.409. The van der Waals surface area contributed by atoms with E-state index in [9.17, 15) is 14.4 Å². The van der Waals surface area contributed by atoms with Gasteiger partial charge in [-0.3, -0.25) is 18.7 Å². The summed E-state index contributed by atoms with van der Waals surface area (Å²) in [5.41, 5.74) is -0.203. The van der Waals surface area contributed by atoms with Crippen molar-refractivity contribution >= 4 is 28.7 Å². The van der Waals surface area contributed by atoms with Gasteiger partial charge in [0.2, 0.25) is 5.91 Å². The summed E-state index contributed by atoms with van der Waals surface area (Å²) < 4.78 is 13.3. The number of rotatable bonds is 7. The van der Waals surface area contributed by atoms with E-state index in [1.807, 2.05) is 12.1 Å². The van der Waals surface area contributed by atoms with Crippen molar-refractivity contribution in [3.05, 3.63) is 45.1 Å². The van der Waals surface area contributed by atoms with Crippen LogP contribution in [0.3, 0.4) is 0 Å². The summed E-state index contributed by atoms with van der Waals surface area (Å²) in [6.45, 7) is 1.17. The smallest absolute Gasteiger partial charge is 0.332 e. The standard InChI is InChI=1S/C22H25N5O5S/c1-26-19-17(21(29)27(2)22(26)30)20(33-12-16(28)23-11-13-7-6-10-32-13)25-18(24-19)14-8-4-5-9-15(14)31-3/h4-5,8-9,13H,6-7,10-12H2,1-3H3,(H,23,28)/t13-/m0/s1. The minimum absolute atomic E-state index is 0.0396. The number of aromatic nitrogens is 4. The highest BCUT2D eigenvalue weighted by atomic mass is 32.2. The Labute approximate surface area is 193 Å². The maximum absolute atomic E-state index is 13.0. The zero-order valence-electron chi connectivity index (χ0n) is 18.7. The van der Waals surface area contributed by atoms with Crippen molar-refractivity contribution in [3.63, 3.8) is 0 Å². The number of carbonyl (C=O) groups is 1. The Kier molecular flexibility index (Phi) is 6.80. The van der Waals surface area contributed by atoms with Gasteiger partial charge in [-0.1, -0.05) is 23.9 Å². The maximum atomic E-state index is 13.0. The predicted molar refractivity (Wildman–Crippen MR) is 125 cm³/mol. The van der Waals surface area contributed by atoms with Crippen molar-refractivity contribution < 1.29 is 14.3 Å². The fourth-order valence-corrected chi connectivity index (χ4v) is 4.54. The van der Waals surface area contributed by atoms with Gasteiger partial charge in [0.15, 0.2) is 11.5 Å². The zero-order chi connectivity index (χ0) is 23.5. The molecule has 1 aliphatic heterocycles. The number of fused-ring (bicyclic) bond motifs is 1. The molecular formula is C22H25N5O5S. The van der Waals surface area contributed by atoms with Crippen molar-refractivity contribution in [1.82, 2.24) is 24.4 Å². The van der Waals surface area contributed by atoms with E-state index in [0.29, 0.717) is 28.7 Å². The molecule has 0 saturated carbocycles. The van der Waals surface area contributed by atoms with Crippen LogP contribution in [0.25, 0.3) is 22.4 Å². The Morgan fingerprint density at radius 2 is 2.03 bits per heavy atom. The number of methoxy groups -OCH3 is 1. The van der Waals surface area contributed by atoms with Crippen LogP contribution in [0.15, 0.2) is 38.9 Å². The molecule has 0 unspecified atom stereocenters. The van der Waals surface area contributed by atoms with Crippen molar-refractivity contribution in [3.8, 4) is 17.1 Å². The molecule has 0 bridgehead atoms. The van der Waals surface area contributed by atoms with E-state index < -0.39 is 11.2 Å². The minimum atomic E-state index is -0.512. The summed E-state index contributed by atoms with van der Waals surface area (Å²) in [6, 6.07) is 7.21. The van der Waals surface area contributed by atoms with Gasteiger partial charge in [0.1, 0.15) is 16.2 Å². The number of para-hydroxylation sites is 1. The molecule has 11 heteroatoms. The number of hydrogen-bond acceptors (Lipinski definition) is 8. The third-order valence-corrected chi connectivity index (χ3v) is 6.48. The largest absolute Gasteiger partial charge is 0.496 e. The van der Waals surface area contributed by atoms with Crippen LogP contribution in [0.2, 0.25) is 0 Å². The molecule has 1 N–H and O–H groups in total. The second-order valence-corrected chi connectivity index (χ2v) is 8.65. The highest BCUT2D eigenvalue weighted by Crippen LogP contribution is 2.30. The van der Waals surface area contributed by atoms with Crippen LogP contribution >= 0.6 is 11.8 Å². The van der Waals surface area contributed by atoms with Crippen molar-refractivity contribution in [2.75, 3.05) is 26.0 Å². The van der Waals surface area contributed by atoms with Gasteiger partial charge >= 0.3 is 5.69 Å². The Morgan fingerprint density at radius 3 is 2.76 bits per heavy atom. The molecule has 3 aromatic rings. The first kappa shape index (κ1) is 23.0. The lowest BCUT2D eigenvalue weighted by atomic mass is 10.2. The highest BCUT2D eigenvalue weighted by molar-refractivity contribution is 8.00. The first-order valence-electron chi connectivity index (χ1n) is 10.5. The van der Waals surface area contributed by atoms with Crippen LogP contribution in [0.5, 0.6) is 5.75 Å². The van der Waals surface area contributed by atoms with Crippen LogP contribution in [0.4, 0.5) is 0 Å². The molecule has 33 heavy (non-hydrogen) atoms. The Morgan fingerprint density at radius 1 is 1.24 bits per heavy atom. The third-order valence-electron chi connectivity index (χ3n) is 5.51. The number of aryl methyl sites for hydroxylation is 1. The van der Waals surface area contributed by atoms with E-state index in [1.165, 1.54) is 11.6 Å². The summed E-state index contributed by atoms with van der Waals surface area (Å²) in [7, 11) is 4.49. The zero-order valence-corrected chi connectivity index (χ0v) is 19.5. The molecule has 0 aliphatic carbocycles. The average molecular weight is 472 g/mol. The molecule has 0 spiro atoms. The topological polar surface area (TPSA) is 117 Å².